The number of hydrogen-bond acceptors (Lipinski definition) is 2. The molecule has 0 aliphatic heterocycles. The largest absolute Gasteiger partial charge is 0.289 e. The third-order valence-electron chi connectivity index (χ3n) is 3.59. The minimum Gasteiger partial charge on any atom is -0.289 e. The summed E-state index contributed by atoms with van der Waals surface area (Å²) in [4.78, 5) is 25.1. The third-order valence-corrected chi connectivity index (χ3v) is 3.98. The molecule has 2 aromatic rings. The van der Waals surface area contributed by atoms with Crippen LogP contribution in [0.2, 0.25) is 5.02 Å². The summed E-state index contributed by atoms with van der Waals surface area (Å²) in [7, 11) is 0. The number of carbonyl (C=O) groups excluding carboxylic acids is 2. The molecule has 2 aromatic carbocycles. The first-order valence-electron chi connectivity index (χ1n) is 6.00. The van der Waals surface area contributed by atoms with E-state index in [2.05, 4.69) is 0 Å². The van der Waals surface area contributed by atoms with Crippen molar-refractivity contribution in [2.45, 2.75) is 13.8 Å². The van der Waals surface area contributed by atoms with Gasteiger partial charge in [-0.2, -0.15) is 0 Å². The van der Waals surface area contributed by atoms with Crippen LogP contribution < -0.4 is 0 Å². The topological polar surface area (TPSA) is 34.1 Å². The number of rotatable bonds is 0. The Hall–Kier alpha value is -1.93. The van der Waals surface area contributed by atoms with Crippen molar-refractivity contribution in [1.29, 1.82) is 0 Å². The Kier molecular flexibility index (Phi) is 2.58. The average Bonchev–Trinajstić information content (AvgIpc) is 2.40. The third kappa shape index (κ3) is 1.57. The molecule has 3 rings (SSSR count). The second-order valence-corrected chi connectivity index (χ2v) is 5.16. The van der Waals surface area contributed by atoms with Gasteiger partial charge in [-0.15, -0.1) is 0 Å². The molecule has 19 heavy (non-hydrogen) atoms. The molecular formula is C16H11ClO2. The number of ketones is 2. The lowest BCUT2D eigenvalue weighted by atomic mass is 9.80. The van der Waals surface area contributed by atoms with Gasteiger partial charge in [0.15, 0.2) is 11.6 Å². The molecule has 1 aliphatic carbocycles. The van der Waals surface area contributed by atoms with E-state index in [4.69, 9.17) is 11.6 Å². The Bertz CT molecular complexity index is 745. The first-order chi connectivity index (χ1) is 9.02. The molecule has 0 atom stereocenters. The summed E-state index contributed by atoms with van der Waals surface area (Å²) in [5.74, 6) is -0.212. The van der Waals surface area contributed by atoms with Crippen LogP contribution in [0, 0.1) is 13.8 Å². The smallest absolute Gasteiger partial charge is 0.194 e. The summed E-state index contributed by atoms with van der Waals surface area (Å²) in [6.45, 7) is 3.59. The van der Waals surface area contributed by atoms with E-state index in [1.165, 1.54) is 0 Å². The molecule has 0 amide bonds. The number of carbonyl (C=O) groups is 2. The Morgan fingerprint density at radius 3 is 2.00 bits per heavy atom. The van der Waals surface area contributed by atoms with Crippen molar-refractivity contribution in [2.24, 2.45) is 0 Å². The van der Waals surface area contributed by atoms with Gasteiger partial charge in [0, 0.05) is 27.3 Å². The second-order valence-electron chi connectivity index (χ2n) is 4.75. The molecule has 2 nitrogen and oxygen atoms in total. The molecule has 0 N–H and O–H groups in total. The highest BCUT2D eigenvalue weighted by Crippen LogP contribution is 2.34. The van der Waals surface area contributed by atoms with E-state index in [0.717, 1.165) is 5.56 Å². The van der Waals surface area contributed by atoms with Crippen LogP contribution in [0.4, 0.5) is 0 Å². The second kappa shape index (κ2) is 4.04. The Labute approximate surface area is 116 Å². The van der Waals surface area contributed by atoms with Gasteiger partial charge in [-0.25, -0.2) is 0 Å². The number of benzene rings is 2. The van der Waals surface area contributed by atoms with Gasteiger partial charge in [0.25, 0.3) is 0 Å². The van der Waals surface area contributed by atoms with Crippen LogP contribution in [-0.4, -0.2) is 11.6 Å². The molecular weight excluding hydrogens is 260 g/mol. The lowest BCUT2D eigenvalue weighted by molar-refractivity contribution is 0.0978. The molecule has 3 heteroatoms. The molecule has 1 aliphatic rings. The summed E-state index contributed by atoms with van der Waals surface area (Å²) in [5, 5.41) is 0.525. The highest BCUT2D eigenvalue weighted by atomic mass is 35.5. The van der Waals surface area contributed by atoms with Crippen molar-refractivity contribution in [1.82, 2.24) is 0 Å². The average molecular weight is 271 g/mol. The minimum absolute atomic E-state index is 0.0949. The van der Waals surface area contributed by atoms with Crippen molar-refractivity contribution >= 4 is 23.2 Å². The standard InChI is InChI=1S/C16H11ClO2/c1-8-7-12(17)9(2)14-13(8)15(18)10-5-3-4-6-11(10)16(14)19/h3-7H,1-2H3. The van der Waals surface area contributed by atoms with E-state index >= 15 is 0 Å². The molecule has 0 unspecified atom stereocenters. The van der Waals surface area contributed by atoms with Crippen molar-refractivity contribution in [3.8, 4) is 0 Å². The van der Waals surface area contributed by atoms with Gasteiger partial charge in [-0.3, -0.25) is 9.59 Å². The molecule has 0 aromatic heterocycles. The molecule has 0 heterocycles. The zero-order valence-corrected chi connectivity index (χ0v) is 11.3. The van der Waals surface area contributed by atoms with E-state index in [1.807, 2.05) is 6.92 Å². The summed E-state index contributed by atoms with van der Waals surface area (Å²) in [6, 6.07) is 8.67. The summed E-state index contributed by atoms with van der Waals surface area (Å²) >= 11 is 6.13. The number of aryl methyl sites for hydroxylation is 1. The summed E-state index contributed by atoms with van der Waals surface area (Å²) in [5.41, 5.74) is 3.31. The maximum absolute atomic E-state index is 12.6. The highest BCUT2D eigenvalue weighted by Gasteiger charge is 2.32. The maximum atomic E-state index is 12.6. The summed E-state index contributed by atoms with van der Waals surface area (Å²) in [6.07, 6.45) is 0. The van der Waals surface area contributed by atoms with Crippen LogP contribution >= 0.6 is 11.6 Å². The van der Waals surface area contributed by atoms with Gasteiger partial charge in [0.2, 0.25) is 0 Å². The number of hydrogen-bond donors (Lipinski definition) is 0. The van der Waals surface area contributed by atoms with E-state index < -0.39 is 0 Å². The monoisotopic (exact) mass is 270 g/mol. The first kappa shape index (κ1) is 12.1. The SMILES string of the molecule is Cc1cc(Cl)c(C)c2c1C(=O)c1ccccc1C2=O. The first-order valence-corrected chi connectivity index (χ1v) is 6.38. The molecule has 0 spiro atoms. The maximum Gasteiger partial charge on any atom is 0.194 e. The van der Waals surface area contributed by atoms with E-state index in [1.54, 1.807) is 37.3 Å². The fourth-order valence-electron chi connectivity index (χ4n) is 2.60. The fraction of sp³-hybridized carbons (Fsp3) is 0.125. The molecule has 0 saturated carbocycles. The summed E-state index contributed by atoms with van der Waals surface area (Å²) < 4.78 is 0. The van der Waals surface area contributed by atoms with Crippen LogP contribution in [0.25, 0.3) is 0 Å². The van der Waals surface area contributed by atoms with Gasteiger partial charge >= 0.3 is 0 Å². The lowest BCUT2D eigenvalue weighted by Crippen LogP contribution is -2.23. The zero-order chi connectivity index (χ0) is 13.7. The quantitative estimate of drug-likeness (QED) is 0.624. The van der Waals surface area contributed by atoms with Crippen LogP contribution in [0.1, 0.15) is 43.0 Å². The van der Waals surface area contributed by atoms with Crippen molar-refractivity contribution in [3.05, 3.63) is 68.7 Å². The van der Waals surface area contributed by atoms with Crippen LogP contribution in [0.3, 0.4) is 0 Å². The van der Waals surface area contributed by atoms with Crippen molar-refractivity contribution in [2.75, 3.05) is 0 Å². The van der Waals surface area contributed by atoms with E-state index in [-0.39, 0.29) is 11.6 Å². The Morgan fingerprint density at radius 1 is 0.895 bits per heavy atom. The predicted molar refractivity (Wildman–Crippen MR) is 74.2 cm³/mol. The molecule has 0 saturated heterocycles. The lowest BCUT2D eigenvalue weighted by Gasteiger charge is -2.21. The van der Waals surface area contributed by atoms with Crippen molar-refractivity contribution < 1.29 is 9.59 Å². The molecule has 94 valence electrons. The van der Waals surface area contributed by atoms with Crippen LogP contribution in [0.15, 0.2) is 30.3 Å². The Balaban J connectivity index is 2.43. The normalized spacial score (nSPS) is 13.2. The molecule has 0 bridgehead atoms. The number of halogens is 1. The van der Waals surface area contributed by atoms with Gasteiger partial charge in [-0.1, -0.05) is 35.9 Å². The van der Waals surface area contributed by atoms with Gasteiger partial charge < -0.3 is 0 Å². The minimum atomic E-state index is -0.117. The van der Waals surface area contributed by atoms with E-state index in [0.29, 0.717) is 32.8 Å². The Morgan fingerprint density at radius 2 is 1.42 bits per heavy atom. The fourth-order valence-corrected chi connectivity index (χ4v) is 2.86. The van der Waals surface area contributed by atoms with Gasteiger partial charge in [0.05, 0.1) is 0 Å². The predicted octanol–water partition coefficient (Wildman–Crippen LogP) is 3.73. The van der Waals surface area contributed by atoms with Crippen LogP contribution in [0.5, 0.6) is 0 Å². The van der Waals surface area contributed by atoms with Gasteiger partial charge in [0.1, 0.15) is 0 Å². The number of fused-ring (bicyclic) bond motifs is 2. The zero-order valence-electron chi connectivity index (χ0n) is 10.6. The molecule has 0 radical (unpaired) electrons. The van der Waals surface area contributed by atoms with Crippen molar-refractivity contribution in [3.63, 3.8) is 0 Å². The molecule has 0 fully saturated rings. The van der Waals surface area contributed by atoms with Crippen LogP contribution in [-0.2, 0) is 0 Å². The highest BCUT2D eigenvalue weighted by molar-refractivity contribution is 6.35. The van der Waals surface area contributed by atoms with E-state index in [9.17, 15) is 9.59 Å². The van der Waals surface area contributed by atoms with Gasteiger partial charge in [-0.05, 0) is 31.0 Å².